The second kappa shape index (κ2) is 8.29. The molecule has 0 radical (unpaired) electrons. The van der Waals surface area contributed by atoms with E-state index in [9.17, 15) is 8.42 Å². The third-order valence-corrected chi connectivity index (χ3v) is 5.99. The van der Waals surface area contributed by atoms with Crippen molar-refractivity contribution >= 4 is 22.4 Å². The number of hydrogen-bond acceptors (Lipinski definition) is 3. The molecule has 22 heavy (non-hydrogen) atoms. The third kappa shape index (κ3) is 4.44. The highest BCUT2D eigenvalue weighted by Gasteiger charge is 2.32. The van der Waals surface area contributed by atoms with Gasteiger partial charge < -0.3 is 5.73 Å². The lowest BCUT2D eigenvalue weighted by molar-refractivity contribution is 0.257. The van der Waals surface area contributed by atoms with Crippen molar-refractivity contribution in [1.82, 2.24) is 4.31 Å². The van der Waals surface area contributed by atoms with Crippen molar-refractivity contribution in [2.45, 2.75) is 50.5 Å². The van der Waals surface area contributed by atoms with Gasteiger partial charge in [0.1, 0.15) is 0 Å². The Morgan fingerprint density at radius 2 is 1.86 bits per heavy atom. The number of halogens is 1. The molecule has 0 bridgehead atoms. The SMILES string of the molecule is CC(C)Cc1ccc(S(=O)(=O)N2CCCCC2CN)cc1.Cl. The largest absolute Gasteiger partial charge is 0.329 e. The maximum Gasteiger partial charge on any atom is 0.243 e. The van der Waals surface area contributed by atoms with Crippen LogP contribution < -0.4 is 5.73 Å². The minimum absolute atomic E-state index is 0. The van der Waals surface area contributed by atoms with E-state index in [2.05, 4.69) is 13.8 Å². The molecule has 1 fully saturated rings. The van der Waals surface area contributed by atoms with Gasteiger partial charge in [-0.15, -0.1) is 12.4 Å². The molecule has 4 nitrogen and oxygen atoms in total. The van der Waals surface area contributed by atoms with Gasteiger partial charge in [-0.3, -0.25) is 0 Å². The molecule has 1 saturated heterocycles. The molecule has 1 aromatic rings. The fraction of sp³-hybridized carbons (Fsp3) is 0.625. The number of piperidine rings is 1. The minimum atomic E-state index is -3.42. The standard InChI is InChI=1S/C16H26N2O2S.ClH/c1-13(2)11-14-6-8-16(9-7-14)21(19,20)18-10-4-3-5-15(18)12-17;/h6-9,13,15H,3-5,10-12,17H2,1-2H3;1H. The summed E-state index contributed by atoms with van der Waals surface area (Å²) in [7, 11) is -3.42. The Morgan fingerprint density at radius 1 is 1.23 bits per heavy atom. The predicted molar refractivity (Wildman–Crippen MR) is 92.8 cm³/mol. The summed E-state index contributed by atoms with van der Waals surface area (Å²) < 4.78 is 27.1. The maximum atomic E-state index is 12.8. The summed E-state index contributed by atoms with van der Waals surface area (Å²) in [6.07, 6.45) is 3.80. The van der Waals surface area contributed by atoms with Crippen LogP contribution in [0.1, 0.15) is 38.7 Å². The van der Waals surface area contributed by atoms with Crippen molar-refractivity contribution in [3.63, 3.8) is 0 Å². The lowest BCUT2D eigenvalue weighted by Gasteiger charge is -2.33. The van der Waals surface area contributed by atoms with E-state index in [4.69, 9.17) is 5.73 Å². The molecule has 2 rings (SSSR count). The molecule has 1 heterocycles. The van der Waals surface area contributed by atoms with E-state index >= 15 is 0 Å². The molecule has 0 aromatic heterocycles. The zero-order valence-electron chi connectivity index (χ0n) is 13.4. The number of nitrogens with two attached hydrogens (primary N) is 1. The Kier molecular flexibility index (Phi) is 7.32. The molecule has 1 aliphatic rings. The average Bonchev–Trinajstić information content (AvgIpc) is 2.47. The molecule has 1 aromatic carbocycles. The first-order chi connectivity index (χ1) is 9.95. The molecule has 1 aliphatic heterocycles. The van der Waals surface area contributed by atoms with Crippen LogP contribution in [0.4, 0.5) is 0 Å². The Labute approximate surface area is 140 Å². The van der Waals surface area contributed by atoms with Crippen LogP contribution >= 0.6 is 12.4 Å². The first-order valence-electron chi connectivity index (χ1n) is 7.76. The number of hydrogen-bond donors (Lipinski definition) is 1. The molecule has 0 spiro atoms. The number of rotatable bonds is 5. The fourth-order valence-electron chi connectivity index (χ4n) is 2.93. The van der Waals surface area contributed by atoms with E-state index in [0.29, 0.717) is 23.9 Å². The highest BCUT2D eigenvalue weighted by Crippen LogP contribution is 2.25. The van der Waals surface area contributed by atoms with Gasteiger partial charge in [-0.05, 0) is 42.9 Å². The van der Waals surface area contributed by atoms with Crippen LogP contribution in [-0.4, -0.2) is 31.9 Å². The lowest BCUT2D eigenvalue weighted by atomic mass is 10.0. The second-order valence-electron chi connectivity index (χ2n) is 6.24. The van der Waals surface area contributed by atoms with Gasteiger partial charge in [-0.25, -0.2) is 8.42 Å². The van der Waals surface area contributed by atoms with Crippen molar-refractivity contribution in [1.29, 1.82) is 0 Å². The van der Waals surface area contributed by atoms with Gasteiger partial charge in [0.2, 0.25) is 10.0 Å². The van der Waals surface area contributed by atoms with Gasteiger partial charge in [-0.2, -0.15) is 4.31 Å². The molecule has 1 atom stereocenters. The lowest BCUT2D eigenvalue weighted by Crippen LogP contribution is -2.47. The summed E-state index contributed by atoms with van der Waals surface area (Å²) in [5.74, 6) is 0.566. The van der Waals surface area contributed by atoms with Gasteiger partial charge in [-0.1, -0.05) is 32.4 Å². The van der Waals surface area contributed by atoms with Crippen LogP contribution in [-0.2, 0) is 16.4 Å². The summed E-state index contributed by atoms with van der Waals surface area (Å²) in [6, 6.07) is 7.26. The fourth-order valence-corrected chi connectivity index (χ4v) is 4.63. The molecular formula is C16H27ClN2O2S. The van der Waals surface area contributed by atoms with E-state index < -0.39 is 10.0 Å². The minimum Gasteiger partial charge on any atom is -0.329 e. The van der Waals surface area contributed by atoms with Crippen molar-refractivity contribution in [2.75, 3.05) is 13.1 Å². The third-order valence-electron chi connectivity index (χ3n) is 4.02. The van der Waals surface area contributed by atoms with Gasteiger partial charge >= 0.3 is 0 Å². The zero-order chi connectivity index (χ0) is 15.5. The molecule has 6 heteroatoms. The van der Waals surface area contributed by atoms with Crippen LogP contribution in [0.25, 0.3) is 0 Å². The number of sulfonamides is 1. The highest BCUT2D eigenvalue weighted by atomic mass is 35.5. The Bertz CT molecular complexity index is 558. The first-order valence-corrected chi connectivity index (χ1v) is 9.20. The topological polar surface area (TPSA) is 63.4 Å². The van der Waals surface area contributed by atoms with Crippen molar-refractivity contribution in [3.8, 4) is 0 Å². The summed E-state index contributed by atoms with van der Waals surface area (Å²) in [6.45, 7) is 5.29. The first kappa shape index (κ1) is 19.4. The van der Waals surface area contributed by atoms with Crippen LogP contribution in [0.3, 0.4) is 0 Å². The normalized spacial score (nSPS) is 19.9. The molecule has 126 valence electrons. The molecule has 0 aliphatic carbocycles. The molecule has 1 unspecified atom stereocenters. The zero-order valence-corrected chi connectivity index (χ0v) is 15.0. The number of benzene rings is 1. The van der Waals surface area contributed by atoms with Crippen LogP contribution in [0.15, 0.2) is 29.2 Å². The summed E-state index contributed by atoms with van der Waals surface area (Å²) in [5.41, 5.74) is 6.92. The molecule has 2 N–H and O–H groups in total. The van der Waals surface area contributed by atoms with E-state index in [0.717, 1.165) is 25.7 Å². The summed E-state index contributed by atoms with van der Waals surface area (Å²) >= 11 is 0. The Balaban J connectivity index is 0.00000242. The van der Waals surface area contributed by atoms with Crippen LogP contribution in [0, 0.1) is 5.92 Å². The van der Waals surface area contributed by atoms with E-state index in [-0.39, 0.29) is 18.4 Å². The van der Waals surface area contributed by atoms with Gasteiger partial charge in [0.15, 0.2) is 0 Å². The molecule has 0 amide bonds. The Morgan fingerprint density at radius 3 is 2.41 bits per heavy atom. The molecule has 0 saturated carbocycles. The summed E-state index contributed by atoms with van der Waals surface area (Å²) in [5, 5.41) is 0. The van der Waals surface area contributed by atoms with Crippen molar-refractivity contribution in [3.05, 3.63) is 29.8 Å². The quantitative estimate of drug-likeness (QED) is 0.891. The monoisotopic (exact) mass is 346 g/mol. The average molecular weight is 347 g/mol. The highest BCUT2D eigenvalue weighted by molar-refractivity contribution is 7.89. The van der Waals surface area contributed by atoms with Crippen LogP contribution in [0.5, 0.6) is 0 Å². The Hall–Kier alpha value is -0.620. The van der Waals surface area contributed by atoms with E-state index in [1.165, 1.54) is 5.56 Å². The smallest absolute Gasteiger partial charge is 0.243 e. The van der Waals surface area contributed by atoms with Crippen LogP contribution in [0.2, 0.25) is 0 Å². The number of nitrogens with zero attached hydrogens (tertiary/aromatic N) is 1. The molecular weight excluding hydrogens is 320 g/mol. The van der Waals surface area contributed by atoms with E-state index in [1.807, 2.05) is 12.1 Å². The van der Waals surface area contributed by atoms with Crippen molar-refractivity contribution in [2.24, 2.45) is 11.7 Å². The van der Waals surface area contributed by atoms with Gasteiger partial charge in [0.25, 0.3) is 0 Å². The second-order valence-corrected chi connectivity index (χ2v) is 8.13. The maximum absolute atomic E-state index is 12.8. The summed E-state index contributed by atoms with van der Waals surface area (Å²) in [4.78, 5) is 0.385. The van der Waals surface area contributed by atoms with E-state index in [1.54, 1.807) is 16.4 Å². The van der Waals surface area contributed by atoms with Gasteiger partial charge in [0, 0.05) is 19.1 Å². The van der Waals surface area contributed by atoms with Crippen molar-refractivity contribution < 1.29 is 8.42 Å². The predicted octanol–water partition coefficient (Wildman–Crippen LogP) is 2.81. The van der Waals surface area contributed by atoms with Gasteiger partial charge in [0.05, 0.1) is 4.90 Å².